The molecular weight excluding hydrogens is 558 g/mol. The highest BCUT2D eigenvalue weighted by atomic mass is 35.5. The Bertz CT molecular complexity index is 1320. The molecule has 0 N–H and O–H groups in total. The number of esters is 1. The second-order valence-electron chi connectivity index (χ2n) is 10.5. The third-order valence-corrected chi connectivity index (χ3v) is 8.76. The SMILES string of the molecule is CCCN(CCC)Cc1sc(CC(=O)c2cnc(N3CCC(C(=O)OCC)CC3)cn2)nc1-c1ccc(Cl)c(C)c1. The number of hydrogen-bond acceptors (Lipinski definition) is 9. The molecule has 1 fully saturated rings. The number of aryl methyl sites for hydroxylation is 1. The number of Topliss-reactive ketones (excluding diaryl/α,β-unsaturated/α-hetero) is 1. The number of carbonyl (C=O) groups excluding carboxylic acids is 2. The molecule has 2 aromatic heterocycles. The maximum absolute atomic E-state index is 13.2. The number of carbonyl (C=O) groups is 2. The molecule has 0 saturated carbocycles. The van der Waals surface area contributed by atoms with E-state index >= 15 is 0 Å². The lowest BCUT2D eigenvalue weighted by atomic mass is 9.97. The van der Waals surface area contributed by atoms with E-state index in [2.05, 4.69) is 39.7 Å². The summed E-state index contributed by atoms with van der Waals surface area (Å²) in [6.45, 7) is 12.8. The Morgan fingerprint density at radius 2 is 1.83 bits per heavy atom. The molecule has 0 amide bonds. The highest BCUT2D eigenvalue weighted by Gasteiger charge is 2.27. The minimum atomic E-state index is -0.123. The van der Waals surface area contributed by atoms with Crippen molar-refractivity contribution in [3.8, 4) is 11.3 Å². The quantitative estimate of drug-likeness (QED) is 0.165. The summed E-state index contributed by atoms with van der Waals surface area (Å²) < 4.78 is 5.16. The molecule has 8 nitrogen and oxygen atoms in total. The first-order valence-electron chi connectivity index (χ1n) is 14.6. The van der Waals surface area contributed by atoms with Gasteiger partial charge in [-0.3, -0.25) is 14.5 Å². The van der Waals surface area contributed by atoms with Crippen molar-refractivity contribution in [1.29, 1.82) is 0 Å². The molecule has 3 heterocycles. The molecule has 0 atom stereocenters. The van der Waals surface area contributed by atoms with Crippen LogP contribution in [0.15, 0.2) is 30.6 Å². The second kappa shape index (κ2) is 14.8. The van der Waals surface area contributed by atoms with E-state index in [0.717, 1.165) is 77.0 Å². The van der Waals surface area contributed by atoms with E-state index in [-0.39, 0.29) is 24.1 Å². The molecule has 1 aliphatic rings. The highest BCUT2D eigenvalue weighted by molar-refractivity contribution is 7.12. The molecule has 1 aliphatic heterocycles. The molecule has 220 valence electrons. The second-order valence-corrected chi connectivity index (χ2v) is 12.1. The van der Waals surface area contributed by atoms with Crippen molar-refractivity contribution >= 4 is 40.5 Å². The number of halogens is 1. The summed E-state index contributed by atoms with van der Waals surface area (Å²) in [5.41, 5.74) is 3.26. The first-order valence-corrected chi connectivity index (χ1v) is 15.8. The molecule has 3 aromatic rings. The number of ketones is 1. The smallest absolute Gasteiger partial charge is 0.309 e. The minimum absolute atomic E-state index is 0.0686. The van der Waals surface area contributed by atoms with Crippen LogP contribution >= 0.6 is 22.9 Å². The van der Waals surface area contributed by atoms with E-state index in [1.165, 1.54) is 0 Å². The lowest BCUT2D eigenvalue weighted by molar-refractivity contribution is -0.148. The van der Waals surface area contributed by atoms with Crippen LogP contribution in [0.2, 0.25) is 5.02 Å². The van der Waals surface area contributed by atoms with E-state index in [1.54, 1.807) is 23.7 Å². The van der Waals surface area contributed by atoms with Crippen molar-refractivity contribution in [1.82, 2.24) is 19.9 Å². The summed E-state index contributed by atoms with van der Waals surface area (Å²) in [7, 11) is 0. The van der Waals surface area contributed by atoms with Gasteiger partial charge >= 0.3 is 5.97 Å². The van der Waals surface area contributed by atoms with E-state index in [0.29, 0.717) is 31.2 Å². The van der Waals surface area contributed by atoms with Gasteiger partial charge in [-0.25, -0.2) is 15.0 Å². The van der Waals surface area contributed by atoms with Crippen molar-refractivity contribution in [2.75, 3.05) is 37.7 Å². The van der Waals surface area contributed by atoms with Crippen molar-refractivity contribution in [2.24, 2.45) is 5.92 Å². The molecule has 10 heteroatoms. The molecule has 0 spiro atoms. The predicted molar refractivity (Wildman–Crippen MR) is 165 cm³/mol. The first-order chi connectivity index (χ1) is 19.8. The number of ether oxygens (including phenoxy) is 1. The Morgan fingerprint density at radius 3 is 2.44 bits per heavy atom. The Balaban J connectivity index is 1.47. The number of hydrogen-bond donors (Lipinski definition) is 0. The van der Waals surface area contributed by atoms with Gasteiger partial charge in [0.15, 0.2) is 5.78 Å². The van der Waals surface area contributed by atoms with Crippen LogP contribution in [0.3, 0.4) is 0 Å². The molecular formula is C31H40ClN5O3S. The van der Waals surface area contributed by atoms with E-state index in [4.69, 9.17) is 21.3 Å². The van der Waals surface area contributed by atoms with Crippen LogP contribution in [-0.2, 0) is 22.5 Å². The predicted octanol–water partition coefficient (Wildman–Crippen LogP) is 6.39. The summed E-state index contributed by atoms with van der Waals surface area (Å²) in [4.78, 5) is 44.9. The summed E-state index contributed by atoms with van der Waals surface area (Å²) in [6.07, 6.45) is 6.98. The van der Waals surface area contributed by atoms with E-state index in [9.17, 15) is 9.59 Å². The van der Waals surface area contributed by atoms with Crippen LogP contribution in [0.25, 0.3) is 11.3 Å². The van der Waals surface area contributed by atoms with Crippen LogP contribution in [0.4, 0.5) is 5.82 Å². The Labute approximate surface area is 252 Å². The molecule has 41 heavy (non-hydrogen) atoms. The number of thiazole rings is 1. The third-order valence-electron chi connectivity index (χ3n) is 7.29. The van der Waals surface area contributed by atoms with Gasteiger partial charge in [0.1, 0.15) is 16.5 Å². The fourth-order valence-corrected chi connectivity index (χ4v) is 6.42. The lowest BCUT2D eigenvalue weighted by Gasteiger charge is -2.31. The van der Waals surface area contributed by atoms with Crippen molar-refractivity contribution in [3.63, 3.8) is 0 Å². The molecule has 1 saturated heterocycles. The standard InChI is InChI=1S/C31H40ClN5O3S/c1-5-12-36(13-6-2)20-27-30(23-8-9-24(32)21(4)16-23)35-29(41-27)17-26(38)25-18-34-28(19-33-25)37-14-10-22(11-15-37)31(39)40-7-3/h8-9,16,18-19,22H,5-7,10-15,17,20H2,1-4H3. The minimum Gasteiger partial charge on any atom is -0.466 e. The van der Waals surface area contributed by atoms with Crippen LogP contribution in [0.1, 0.15) is 72.4 Å². The van der Waals surface area contributed by atoms with Gasteiger partial charge in [-0.2, -0.15) is 0 Å². The van der Waals surface area contributed by atoms with Crippen LogP contribution in [0.5, 0.6) is 0 Å². The fraction of sp³-hybridized carbons (Fsp3) is 0.516. The summed E-state index contributed by atoms with van der Waals surface area (Å²) in [5, 5.41) is 1.50. The van der Waals surface area contributed by atoms with E-state index in [1.807, 2.05) is 26.0 Å². The van der Waals surface area contributed by atoms with Gasteiger partial charge in [-0.15, -0.1) is 11.3 Å². The molecule has 0 unspecified atom stereocenters. The average molecular weight is 598 g/mol. The number of rotatable bonds is 13. The normalized spacial score (nSPS) is 14.0. The highest BCUT2D eigenvalue weighted by Crippen LogP contribution is 2.32. The zero-order chi connectivity index (χ0) is 29.4. The van der Waals surface area contributed by atoms with Gasteiger partial charge in [-0.1, -0.05) is 31.5 Å². The summed E-state index contributed by atoms with van der Waals surface area (Å²) in [6, 6.07) is 5.98. The van der Waals surface area contributed by atoms with Gasteiger partial charge in [0, 0.05) is 35.1 Å². The van der Waals surface area contributed by atoms with Gasteiger partial charge in [0.25, 0.3) is 0 Å². The van der Waals surface area contributed by atoms with Crippen molar-refractivity contribution in [2.45, 2.75) is 66.3 Å². The number of aromatic nitrogens is 3. The summed E-state index contributed by atoms with van der Waals surface area (Å²) >= 11 is 7.90. The topological polar surface area (TPSA) is 88.5 Å². The van der Waals surface area contributed by atoms with Gasteiger partial charge < -0.3 is 9.64 Å². The zero-order valence-corrected chi connectivity index (χ0v) is 26.1. The van der Waals surface area contributed by atoms with Gasteiger partial charge in [-0.05, 0) is 70.3 Å². The zero-order valence-electron chi connectivity index (χ0n) is 24.5. The van der Waals surface area contributed by atoms with Crippen LogP contribution < -0.4 is 4.90 Å². The largest absolute Gasteiger partial charge is 0.466 e. The third kappa shape index (κ3) is 8.11. The monoisotopic (exact) mass is 597 g/mol. The fourth-order valence-electron chi connectivity index (χ4n) is 5.17. The van der Waals surface area contributed by atoms with Crippen molar-refractivity contribution < 1.29 is 14.3 Å². The molecule has 1 aromatic carbocycles. The molecule has 0 bridgehead atoms. The van der Waals surface area contributed by atoms with Crippen molar-refractivity contribution in [3.05, 3.63) is 56.8 Å². The van der Waals surface area contributed by atoms with Gasteiger partial charge in [0.05, 0.1) is 37.0 Å². The Hall–Kier alpha value is -2.88. The van der Waals surface area contributed by atoms with Crippen LogP contribution in [0, 0.1) is 12.8 Å². The Kier molecular flexibility index (Phi) is 11.2. The summed E-state index contributed by atoms with van der Waals surface area (Å²) in [5.74, 6) is 0.416. The van der Waals surface area contributed by atoms with Gasteiger partial charge in [0.2, 0.25) is 0 Å². The average Bonchev–Trinajstić information content (AvgIpc) is 3.36. The molecule has 0 radical (unpaired) electrons. The number of nitrogens with zero attached hydrogens (tertiary/aromatic N) is 5. The maximum Gasteiger partial charge on any atom is 0.309 e. The molecule has 4 rings (SSSR count). The van der Waals surface area contributed by atoms with E-state index < -0.39 is 0 Å². The van der Waals surface area contributed by atoms with Crippen LogP contribution in [-0.4, -0.2) is 64.4 Å². The molecule has 0 aliphatic carbocycles. The number of benzene rings is 1. The maximum atomic E-state index is 13.2. The number of piperidine rings is 1. The number of anilines is 1. The first kappa shape index (κ1) is 31.1. The Morgan fingerprint density at radius 1 is 1.10 bits per heavy atom. The lowest BCUT2D eigenvalue weighted by Crippen LogP contribution is -2.37.